The summed E-state index contributed by atoms with van der Waals surface area (Å²) < 4.78 is 0. The number of imide groups is 1. The van der Waals surface area contributed by atoms with Gasteiger partial charge in [0.05, 0.1) is 0 Å². The van der Waals surface area contributed by atoms with Crippen LogP contribution in [-0.4, -0.2) is 71.1 Å². The number of halogens is 2. The minimum absolute atomic E-state index is 0.151. The highest BCUT2D eigenvalue weighted by molar-refractivity contribution is 6.18. The molecule has 0 saturated heterocycles. The van der Waals surface area contributed by atoms with Crippen LogP contribution in [0.3, 0.4) is 0 Å². The zero-order valence-electron chi connectivity index (χ0n) is 19.5. The van der Waals surface area contributed by atoms with E-state index in [1.165, 1.54) is 17.1 Å². The van der Waals surface area contributed by atoms with Crippen LogP contribution in [0.15, 0.2) is 36.4 Å². The van der Waals surface area contributed by atoms with E-state index in [1.54, 1.807) is 0 Å². The number of carbonyl (C=O) groups excluding carboxylic acids is 3. The third kappa shape index (κ3) is 7.45. The lowest BCUT2D eigenvalue weighted by Crippen LogP contribution is -2.46. The van der Waals surface area contributed by atoms with E-state index >= 15 is 0 Å². The molecule has 1 heterocycles. The molecule has 8 nitrogen and oxygen atoms in total. The third-order valence-corrected chi connectivity index (χ3v) is 6.96. The second kappa shape index (κ2) is 12.9. The summed E-state index contributed by atoms with van der Waals surface area (Å²) in [6.45, 7) is 1.68. The molecule has 3 amide bonds. The van der Waals surface area contributed by atoms with Crippen LogP contribution in [0.4, 0.5) is 5.69 Å². The Balaban J connectivity index is 1.51. The molecular weight excluding hydrogens is 493 g/mol. The molecule has 0 bridgehead atoms. The topological polar surface area (TPSA) is 107 Å². The van der Waals surface area contributed by atoms with Crippen molar-refractivity contribution < 1.29 is 24.3 Å². The Morgan fingerprint density at radius 1 is 1.00 bits per heavy atom. The van der Waals surface area contributed by atoms with E-state index in [-0.39, 0.29) is 36.0 Å². The predicted molar refractivity (Wildman–Crippen MR) is 135 cm³/mol. The van der Waals surface area contributed by atoms with Crippen LogP contribution in [0.2, 0.25) is 0 Å². The molecule has 0 aromatic heterocycles. The standard InChI is InChI=1S/C25H31Cl2N3O5/c26-11-13-29(14-12-27)20-7-3-17(4-8-20)15-21(25(34)35)28-24(33)19-5-1-18(2-6-19)16-30-22(31)9-10-23(30)32/h3-4,7-10,18-19,21H,1-2,5-6,11-16H2,(H,28,33)(H,34,35)/t18-,19-,21-/m1/s1. The summed E-state index contributed by atoms with van der Waals surface area (Å²) in [6.07, 6.45) is 5.32. The molecule has 0 radical (unpaired) electrons. The smallest absolute Gasteiger partial charge is 0.326 e. The number of carbonyl (C=O) groups is 4. The first-order valence-corrected chi connectivity index (χ1v) is 12.9. The highest BCUT2D eigenvalue weighted by Gasteiger charge is 2.32. The number of carboxylic acid groups (broad SMARTS) is 1. The lowest BCUT2D eigenvalue weighted by atomic mass is 9.81. The van der Waals surface area contributed by atoms with Gasteiger partial charge in [0.1, 0.15) is 6.04 Å². The molecule has 190 valence electrons. The van der Waals surface area contributed by atoms with Crippen molar-refractivity contribution in [2.45, 2.75) is 38.1 Å². The second-order valence-electron chi connectivity index (χ2n) is 8.97. The Morgan fingerprint density at radius 2 is 1.57 bits per heavy atom. The van der Waals surface area contributed by atoms with Crippen LogP contribution in [0, 0.1) is 11.8 Å². The van der Waals surface area contributed by atoms with Gasteiger partial charge in [-0.25, -0.2) is 4.79 Å². The number of amides is 3. The van der Waals surface area contributed by atoms with Gasteiger partial charge < -0.3 is 15.3 Å². The maximum atomic E-state index is 12.8. The van der Waals surface area contributed by atoms with E-state index in [2.05, 4.69) is 10.2 Å². The lowest BCUT2D eigenvalue weighted by molar-refractivity contribution is -0.142. The molecule has 1 fully saturated rings. The maximum Gasteiger partial charge on any atom is 0.326 e. The zero-order chi connectivity index (χ0) is 25.4. The maximum absolute atomic E-state index is 12.8. The van der Waals surface area contributed by atoms with Gasteiger partial charge in [0.2, 0.25) is 5.91 Å². The first kappa shape index (κ1) is 27.0. The largest absolute Gasteiger partial charge is 0.480 e. The fraction of sp³-hybridized carbons (Fsp3) is 0.520. The molecule has 1 aromatic carbocycles. The van der Waals surface area contributed by atoms with E-state index in [4.69, 9.17) is 23.2 Å². The average Bonchev–Trinajstić information content (AvgIpc) is 3.16. The van der Waals surface area contributed by atoms with Crippen molar-refractivity contribution in [3.05, 3.63) is 42.0 Å². The van der Waals surface area contributed by atoms with Gasteiger partial charge in [-0.2, -0.15) is 0 Å². The van der Waals surface area contributed by atoms with Gasteiger partial charge in [-0.05, 0) is 49.3 Å². The Kier molecular flexibility index (Phi) is 9.98. The summed E-state index contributed by atoms with van der Waals surface area (Å²) in [5.41, 5.74) is 1.76. The average molecular weight is 524 g/mol. The summed E-state index contributed by atoms with van der Waals surface area (Å²) in [5.74, 6) is -1.12. The SMILES string of the molecule is O=C(O)[C@@H](Cc1ccc(N(CCCl)CCCl)cc1)NC(=O)[C@H]1CC[C@H](CN2C(=O)C=CC2=O)CC1. The number of carboxylic acids is 1. The van der Waals surface area contributed by atoms with Crippen molar-refractivity contribution in [3.63, 3.8) is 0 Å². The van der Waals surface area contributed by atoms with E-state index < -0.39 is 12.0 Å². The minimum atomic E-state index is -1.08. The molecule has 1 atom stereocenters. The van der Waals surface area contributed by atoms with E-state index in [1.807, 2.05) is 24.3 Å². The first-order valence-electron chi connectivity index (χ1n) is 11.8. The summed E-state index contributed by atoms with van der Waals surface area (Å²) in [4.78, 5) is 51.5. The number of nitrogens with zero attached hydrogens (tertiary/aromatic N) is 2. The number of aliphatic carboxylic acids is 1. The molecule has 0 spiro atoms. The highest BCUT2D eigenvalue weighted by Crippen LogP contribution is 2.30. The van der Waals surface area contributed by atoms with E-state index in [0.29, 0.717) is 57.1 Å². The normalized spacial score (nSPS) is 20.7. The van der Waals surface area contributed by atoms with Crippen LogP contribution in [0.25, 0.3) is 0 Å². The number of hydrogen-bond acceptors (Lipinski definition) is 5. The molecular formula is C25H31Cl2N3O5. The van der Waals surface area contributed by atoms with Crippen LogP contribution in [0.5, 0.6) is 0 Å². The molecule has 0 unspecified atom stereocenters. The second-order valence-corrected chi connectivity index (χ2v) is 9.73. The Labute approximate surface area is 215 Å². The first-order chi connectivity index (χ1) is 16.8. The predicted octanol–water partition coefficient (Wildman–Crippen LogP) is 2.81. The monoisotopic (exact) mass is 523 g/mol. The summed E-state index contributed by atoms with van der Waals surface area (Å²) in [5, 5.41) is 12.4. The molecule has 35 heavy (non-hydrogen) atoms. The van der Waals surface area contributed by atoms with Crippen molar-refractivity contribution in [2.75, 3.05) is 36.3 Å². The summed E-state index contributed by atoms with van der Waals surface area (Å²) >= 11 is 11.7. The molecule has 1 aromatic rings. The van der Waals surface area contributed by atoms with Crippen LogP contribution in [-0.2, 0) is 25.6 Å². The number of anilines is 1. The van der Waals surface area contributed by atoms with Gasteiger partial charge in [0, 0.05) is 61.6 Å². The van der Waals surface area contributed by atoms with Crippen molar-refractivity contribution in [1.82, 2.24) is 10.2 Å². The molecule has 1 aliphatic carbocycles. The summed E-state index contributed by atoms with van der Waals surface area (Å²) in [7, 11) is 0. The van der Waals surface area contributed by atoms with Crippen LogP contribution in [0.1, 0.15) is 31.2 Å². The van der Waals surface area contributed by atoms with Gasteiger partial charge in [-0.1, -0.05) is 12.1 Å². The molecule has 3 rings (SSSR count). The molecule has 1 aliphatic heterocycles. The van der Waals surface area contributed by atoms with Gasteiger partial charge in [0.15, 0.2) is 0 Å². The Bertz CT molecular complexity index is 921. The lowest BCUT2D eigenvalue weighted by Gasteiger charge is -2.30. The fourth-order valence-electron chi connectivity index (χ4n) is 4.62. The van der Waals surface area contributed by atoms with Crippen molar-refractivity contribution >= 4 is 52.6 Å². The molecule has 10 heteroatoms. The number of nitrogens with one attached hydrogen (secondary N) is 1. The van der Waals surface area contributed by atoms with Crippen LogP contribution >= 0.6 is 23.2 Å². The molecule has 2 N–H and O–H groups in total. The summed E-state index contributed by atoms with van der Waals surface area (Å²) in [6, 6.07) is 6.49. The number of alkyl halides is 2. The van der Waals surface area contributed by atoms with Gasteiger partial charge >= 0.3 is 5.97 Å². The Hall–Kier alpha value is -2.58. The van der Waals surface area contributed by atoms with Crippen molar-refractivity contribution in [2.24, 2.45) is 11.8 Å². The fourth-order valence-corrected chi connectivity index (χ4v) is 5.03. The Morgan fingerprint density at radius 3 is 2.09 bits per heavy atom. The van der Waals surface area contributed by atoms with Crippen molar-refractivity contribution in [1.29, 1.82) is 0 Å². The van der Waals surface area contributed by atoms with Crippen molar-refractivity contribution in [3.8, 4) is 0 Å². The quantitative estimate of drug-likeness (QED) is 0.322. The molecule has 2 aliphatic rings. The zero-order valence-corrected chi connectivity index (χ0v) is 21.0. The van der Waals surface area contributed by atoms with Gasteiger partial charge in [-0.15, -0.1) is 23.2 Å². The number of rotatable bonds is 12. The van der Waals surface area contributed by atoms with Crippen LogP contribution < -0.4 is 10.2 Å². The van der Waals surface area contributed by atoms with E-state index in [0.717, 1.165) is 11.3 Å². The highest BCUT2D eigenvalue weighted by atomic mass is 35.5. The molecule has 1 saturated carbocycles. The van der Waals surface area contributed by atoms with Gasteiger partial charge in [-0.3, -0.25) is 19.3 Å². The van der Waals surface area contributed by atoms with Gasteiger partial charge in [0.25, 0.3) is 11.8 Å². The number of hydrogen-bond donors (Lipinski definition) is 2. The number of benzene rings is 1. The third-order valence-electron chi connectivity index (χ3n) is 6.62. The minimum Gasteiger partial charge on any atom is -0.480 e. The van der Waals surface area contributed by atoms with E-state index in [9.17, 15) is 24.3 Å².